The molecule has 0 aliphatic rings. The van der Waals surface area contributed by atoms with E-state index in [9.17, 15) is 13.2 Å². The number of ether oxygens (including phenoxy) is 1. The molecular formula is C14H13F3N2OS. The summed E-state index contributed by atoms with van der Waals surface area (Å²) in [6, 6.07) is 6.93. The van der Waals surface area contributed by atoms with E-state index in [1.54, 1.807) is 12.1 Å². The van der Waals surface area contributed by atoms with E-state index in [0.717, 1.165) is 12.1 Å². The molecule has 2 rings (SSSR count). The molecule has 1 heterocycles. The number of halogens is 3. The first kappa shape index (κ1) is 15.6. The standard InChI is InChI=1S/C14H13F3N2OS/c1-3-21-12-8-9(14(15,16)17)4-5-10(12)11-6-7-13(20-2)19-18-11/h4-8H,3H2,1-2H3. The lowest BCUT2D eigenvalue weighted by Gasteiger charge is -2.12. The lowest BCUT2D eigenvalue weighted by atomic mass is 10.1. The topological polar surface area (TPSA) is 35.0 Å². The van der Waals surface area contributed by atoms with E-state index >= 15 is 0 Å². The van der Waals surface area contributed by atoms with Crippen molar-refractivity contribution in [3.8, 4) is 17.1 Å². The Bertz CT molecular complexity index is 615. The van der Waals surface area contributed by atoms with E-state index in [-0.39, 0.29) is 0 Å². The van der Waals surface area contributed by atoms with Gasteiger partial charge in [0.15, 0.2) is 0 Å². The number of hydrogen-bond donors (Lipinski definition) is 0. The average molecular weight is 314 g/mol. The van der Waals surface area contributed by atoms with Gasteiger partial charge in [-0.1, -0.05) is 13.0 Å². The van der Waals surface area contributed by atoms with Gasteiger partial charge in [0.2, 0.25) is 5.88 Å². The molecule has 1 aromatic carbocycles. The first-order chi connectivity index (χ1) is 9.95. The van der Waals surface area contributed by atoms with Gasteiger partial charge in [0.1, 0.15) is 0 Å². The molecule has 0 bridgehead atoms. The Morgan fingerprint density at radius 1 is 1.14 bits per heavy atom. The van der Waals surface area contributed by atoms with Crippen LogP contribution in [0.2, 0.25) is 0 Å². The molecule has 0 fully saturated rings. The van der Waals surface area contributed by atoms with Crippen molar-refractivity contribution in [3.63, 3.8) is 0 Å². The minimum atomic E-state index is -4.35. The van der Waals surface area contributed by atoms with Crippen LogP contribution in [0.5, 0.6) is 5.88 Å². The van der Waals surface area contributed by atoms with E-state index in [2.05, 4.69) is 10.2 Å². The van der Waals surface area contributed by atoms with Crippen molar-refractivity contribution in [1.82, 2.24) is 10.2 Å². The highest BCUT2D eigenvalue weighted by molar-refractivity contribution is 7.99. The number of aromatic nitrogens is 2. The number of nitrogens with zero attached hydrogens (tertiary/aromatic N) is 2. The zero-order chi connectivity index (χ0) is 15.5. The molecule has 0 saturated carbocycles. The van der Waals surface area contributed by atoms with E-state index in [1.807, 2.05) is 6.92 Å². The molecular weight excluding hydrogens is 301 g/mol. The number of thioether (sulfide) groups is 1. The quantitative estimate of drug-likeness (QED) is 0.789. The van der Waals surface area contributed by atoms with Crippen molar-refractivity contribution >= 4 is 11.8 Å². The maximum Gasteiger partial charge on any atom is 0.416 e. The molecule has 0 unspecified atom stereocenters. The van der Waals surface area contributed by atoms with Crippen molar-refractivity contribution in [3.05, 3.63) is 35.9 Å². The fourth-order valence-electron chi connectivity index (χ4n) is 1.76. The molecule has 0 N–H and O–H groups in total. The predicted octanol–water partition coefficient (Wildman–Crippen LogP) is 4.28. The van der Waals surface area contributed by atoms with Crippen LogP contribution in [0.1, 0.15) is 12.5 Å². The van der Waals surface area contributed by atoms with Crippen LogP contribution < -0.4 is 4.74 Å². The van der Waals surface area contributed by atoms with Crippen LogP contribution in [0.15, 0.2) is 35.2 Å². The van der Waals surface area contributed by atoms with Gasteiger partial charge in [-0.2, -0.15) is 13.2 Å². The second kappa shape index (κ2) is 6.34. The lowest BCUT2D eigenvalue weighted by molar-refractivity contribution is -0.137. The first-order valence-corrected chi connectivity index (χ1v) is 7.16. The summed E-state index contributed by atoms with van der Waals surface area (Å²) in [6.07, 6.45) is -4.35. The highest BCUT2D eigenvalue weighted by atomic mass is 32.2. The molecule has 0 aliphatic carbocycles. The first-order valence-electron chi connectivity index (χ1n) is 6.18. The van der Waals surface area contributed by atoms with Crippen molar-refractivity contribution in [1.29, 1.82) is 0 Å². The van der Waals surface area contributed by atoms with Crippen LogP contribution >= 0.6 is 11.8 Å². The molecule has 0 amide bonds. The Labute approximate surface area is 124 Å². The minimum Gasteiger partial charge on any atom is -0.480 e. The summed E-state index contributed by atoms with van der Waals surface area (Å²) >= 11 is 1.34. The Morgan fingerprint density at radius 2 is 1.90 bits per heavy atom. The van der Waals surface area contributed by atoms with Gasteiger partial charge in [-0.25, -0.2) is 0 Å². The highest BCUT2D eigenvalue weighted by Gasteiger charge is 2.31. The van der Waals surface area contributed by atoms with Crippen LogP contribution in [0.4, 0.5) is 13.2 Å². The van der Waals surface area contributed by atoms with Gasteiger partial charge in [-0.15, -0.1) is 22.0 Å². The van der Waals surface area contributed by atoms with E-state index in [0.29, 0.717) is 27.8 Å². The van der Waals surface area contributed by atoms with Gasteiger partial charge in [-0.05, 0) is 24.0 Å². The minimum absolute atomic E-state index is 0.357. The SMILES string of the molecule is CCSc1cc(C(F)(F)F)ccc1-c1ccc(OC)nn1. The molecule has 2 aromatic rings. The normalized spacial score (nSPS) is 11.5. The smallest absolute Gasteiger partial charge is 0.416 e. The predicted molar refractivity (Wildman–Crippen MR) is 75.4 cm³/mol. The van der Waals surface area contributed by atoms with E-state index in [4.69, 9.17) is 4.74 Å². The third kappa shape index (κ3) is 3.66. The van der Waals surface area contributed by atoms with E-state index < -0.39 is 11.7 Å². The molecule has 0 spiro atoms. The molecule has 7 heteroatoms. The maximum absolute atomic E-state index is 12.8. The second-order valence-corrected chi connectivity index (χ2v) is 5.41. The lowest BCUT2D eigenvalue weighted by Crippen LogP contribution is -2.05. The van der Waals surface area contributed by atoms with Crippen LogP contribution in [-0.4, -0.2) is 23.1 Å². The fourth-order valence-corrected chi connectivity index (χ4v) is 2.61. The van der Waals surface area contributed by atoms with Crippen molar-refractivity contribution in [2.24, 2.45) is 0 Å². The van der Waals surface area contributed by atoms with Crippen molar-refractivity contribution in [2.45, 2.75) is 18.0 Å². The third-order valence-electron chi connectivity index (χ3n) is 2.73. The van der Waals surface area contributed by atoms with Crippen molar-refractivity contribution in [2.75, 3.05) is 12.9 Å². The highest BCUT2D eigenvalue weighted by Crippen LogP contribution is 2.37. The van der Waals surface area contributed by atoms with Crippen LogP contribution in [-0.2, 0) is 6.18 Å². The molecule has 112 valence electrons. The number of methoxy groups -OCH3 is 1. The number of benzene rings is 1. The van der Waals surface area contributed by atoms with Crippen LogP contribution in [0.25, 0.3) is 11.3 Å². The van der Waals surface area contributed by atoms with Crippen molar-refractivity contribution < 1.29 is 17.9 Å². The van der Waals surface area contributed by atoms with Gasteiger partial charge >= 0.3 is 6.18 Å². The van der Waals surface area contributed by atoms with Gasteiger partial charge < -0.3 is 4.74 Å². The molecule has 0 radical (unpaired) electrons. The Morgan fingerprint density at radius 3 is 2.43 bits per heavy atom. The average Bonchev–Trinajstić information content (AvgIpc) is 2.47. The summed E-state index contributed by atoms with van der Waals surface area (Å²) in [5, 5.41) is 7.83. The number of rotatable bonds is 4. The van der Waals surface area contributed by atoms with Crippen LogP contribution in [0.3, 0.4) is 0 Å². The Kier molecular flexibility index (Phi) is 4.72. The molecule has 21 heavy (non-hydrogen) atoms. The van der Waals surface area contributed by atoms with Crippen LogP contribution in [0, 0.1) is 0 Å². The number of hydrogen-bond acceptors (Lipinski definition) is 4. The second-order valence-electron chi connectivity index (χ2n) is 4.10. The van der Waals surface area contributed by atoms with E-state index in [1.165, 1.54) is 24.9 Å². The Hall–Kier alpha value is -1.76. The van der Waals surface area contributed by atoms with Gasteiger partial charge in [0.05, 0.1) is 18.4 Å². The van der Waals surface area contributed by atoms with Gasteiger partial charge in [0.25, 0.3) is 0 Å². The summed E-state index contributed by atoms with van der Waals surface area (Å²) in [5.41, 5.74) is 0.481. The summed E-state index contributed by atoms with van der Waals surface area (Å²) in [5.74, 6) is 1.02. The molecule has 0 saturated heterocycles. The summed E-state index contributed by atoms with van der Waals surface area (Å²) in [7, 11) is 1.47. The third-order valence-corrected chi connectivity index (χ3v) is 3.67. The molecule has 0 aliphatic heterocycles. The summed E-state index contributed by atoms with van der Waals surface area (Å²) < 4.78 is 43.3. The summed E-state index contributed by atoms with van der Waals surface area (Å²) in [6.45, 7) is 1.88. The zero-order valence-electron chi connectivity index (χ0n) is 11.4. The Balaban J connectivity index is 2.46. The van der Waals surface area contributed by atoms with Gasteiger partial charge in [-0.3, -0.25) is 0 Å². The molecule has 1 aromatic heterocycles. The number of alkyl halides is 3. The molecule has 0 atom stereocenters. The largest absolute Gasteiger partial charge is 0.480 e. The fraction of sp³-hybridized carbons (Fsp3) is 0.286. The maximum atomic E-state index is 12.8. The summed E-state index contributed by atoms with van der Waals surface area (Å²) in [4.78, 5) is 0.534. The van der Waals surface area contributed by atoms with Gasteiger partial charge in [0, 0.05) is 16.5 Å². The monoisotopic (exact) mass is 314 g/mol. The zero-order valence-corrected chi connectivity index (χ0v) is 12.3. The molecule has 3 nitrogen and oxygen atoms in total.